The minimum Gasteiger partial charge on any atom is -0.497 e. The molecule has 1 unspecified atom stereocenters. The van der Waals surface area contributed by atoms with Crippen LogP contribution >= 0.6 is 0 Å². The van der Waals surface area contributed by atoms with E-state index >= 15 is 0 Å². The first kappa shape index (κ1) is 24.5. The van der Waals surface area contributed by atoms with Gasteiger partial charge in [-0.15, -0.1) is 5.10 Å². The summed E-state index contributed by atoms with van der Waals surface area (Å²) in [5.74, 6) is 0.855. The third-order valence-electron chi connectivity index (χ3n) is 6.02. The maximum atomic E-state index is 12.1. The molecule has 0 spiro atoms. The summed E-state index contributed by atoms with van der Waals surface area (Å²) in [5.41, 5.74) is 1.90. The molecule has 4 heterocycles. The van der Waals surface area contributed by atoms with Gasteiger partial charge in [0.05, 0.1) is 25.3 Å². The molecule has 1 aliphatic rings. The minimum atomic E-state index is -1.43. The Balaban J connectivity index is 1.56. The molecular weight excluding hydrogens is 482 g/mol. The number of aliphatic hydroxyl groups is 2. The van der Waals surface area contributed by atoms with Gasteiger partial charge < -0.3 is 30.3 Å². The molecule has 4 N–H and O–H groups in total. The summed E-state index contributed by atoms with van der Waals surface area (Å²) in [4.78, 5) is 25.8. The predicted octanol–water partition coefficient (Wildman–Crippen LogP) is 0.270. The van der Waals surface area contributed by atoms with Crippen molar-refractivity contribution in [1.29, 1.82) is 0 Å². The Bertz CT molecular complexity index is 1420. The van der Waals surface area contributed by atoms with Crippen LogP contribution in [-0.2, 0) is 9.53 Å². The van der Waals surface area contributed by atoms with E-state index in [1.165, 1.54) is 17.9 Å². The second-order valence-electron chi connectivity index (χ2n) is 8.44. The van der Waals surface area contributed by atoms with Crippen molar-refractivity contribution in [2.45, 2.75) is 37.9 Å². The smallest absolute Gasteiger partial charge is 0.251 e. The van der Waals surface area contributed by atoms with E-state index in [-0.39, 0.29) is 5.82 Å². The van der Waals surface area contributed by atoms with Crippen molar-refractivity contribution in [2.24, 2.45) is 0 Å². The topological polar surface area (TPSA) is 174 Å². The van der Waals surface area contributed by atoms with E-state index in [4.69, 9.17) is 9.47 Å². The van der Waals surface area contributed by atoms with Gasteiger partial charge in [0.15, 0.2) is 40.8 Å². The fourth-order valence-electron chi connectivity index (χ4n) is 4.08. The van der Waals surface area contributed by atoms with Crippen molar-refractivity contribution in [2.75, 3.05) is 26.0 Å². The lowest BCUT2D eigenvalue weighted by Gasteiger charge is -2.16. The lowest BCUT2D eigenvalue weighted by Crippen LogP contribution is -2.41. The van der Waals surface area contributed by atoms with Gasteiger partial charge in [-0.2, -0.15) is 0 Å². The molecule has 1 fully saturated rings. The quantitative estimate of drug-likeness (QED) is 0.257. The number of hydrogen-bond acceptors (Lipinski definition) is 11. The van der Waals surface area contributed by atoms with E-state index in [9.17, 15) is 15.0 Å². The van der Waals surface area contributed by atoms with Crippen LogP contribution in [0.15, 0.2) is 36.8 Å². The number of rotatable bonds is 8. The van der Waals surface area contributed by atoms with Crippen LogP contribution in [0, 0.1) is 0 Å². The molecule has 194 valence electrons. The zero-order chi connectivity index (χ0) is 26.1. The van der Waals surface area contributed by atoms with Gasteiger partial charge in [-0.25, -0.2) is 19.6 Å². The Labute approximate surface area is 211 Å². The number of amides is 1. The summed E-state index contributed by atoms with van der Waals surface area (Å²) >= 11 is 0. The first-order valence-corrected chi connectivity index (χ1v) is 11.7. The molecule has 1 aromatic carbocycles. The van der Waals surface area contributed by atoms with Crippen LogP contribution in [0.2, 0.25) is 0 Å². The molecule has 5 rings (SSSR count). The van der Waals surface area contributed by atoms with E-state index in [2.05, 4.69) is 35.9 Å². The zero-order valence-electron chi connectivity index (χ0n) is 20.4. The molecule has 0 bridgehead atoms. The van der Waals surface area contributed by atoms with Gasteiger partial charge in [0.25, 0.3) is 5.91 Å². The van der Waals surface area contributed by atoms with Crippen LogP contribution in [0.1, 0.15) is 19.6 Å². The van der Waals surface area contributed by atoms with Gasteiger partial charge in [0.1, 0.15) is 18.0 Å². The summed E-state index contributed by atoms with van der Waals surface area (Å²) in [6, 6.07) is 7.35. The monoisotopic (exact) mass is 509 g/mol. The molecule has 0 aliphatic carbocycles. The molecule has 1 amide bonds. The second kappa shape index (κ2) is 10.1. The van der Waals surface area contributed by atoms with E-state index < -0.39 is 30.4 Å². The van der Waals surface area contributed by atoms with Gasteiger partial charge in [0, 0.05) is 19.7 Å². The largest absolute Gasteiger partial charge is 0.497 e. The summed E-state index contributed by atoms with van der Waals surface area (Å²) in [7, 11) is 3.01. The van der Waals surface area contributed by atoms with Gasteiger partial charge >= 0.3 is 0 Å². The summed E-state index contributed by atoms with van der Waals surface area (Å²) in [5, 5.41) is 35.2. The number of ether oxygens (including phenoxy) is 2. The number of nitrogens with one attached hydrogen (secondary N) is 2. The molecule has 3 aromatic heterocycles. The number of aliphatic hydroxyl groups excluding tert-OH is 2. The van der Waals surface area contributed by atoms with Gasteiger partial charge in [-0.1, -0.05) is 18.2 Å². The highest BCUT2D eigenvalue weighted by atomic mass is 16.6. The number of anilines is 1. The summed E-state index contributed by atoms with van der Waals surface area (Å²) < 4.78 is 14.1. The standard InChI is InChI=1S/C23H27N9O5/c1-4-8-25-20-15-21(31(11-26-15)23-17(34)16(33)18(37-23)22(35)24-2)28-19(27-20)14-10-32(30-29-14)12-6-5-7-13(9-12)36-3/h5-7,9-11,16-18,23,33-34H,4,8H2,1-3H3,(H,24,35)(H,25,27,28)/t16?,17-,18+,23-/m1/s1. The SMILES string of the molecule is CCCNc1nc(-c2cn(-c3cccc(OC)c3)nn2)nc2c1ncn2[C@@H]1O[C@H](C(=O)NC)C(O)[C@H]1O. The first-order chi connectivity index (χ1) is 17.9. The van der Waals surface area contributed by atoms with Crippen LogP contribution in [0.4, 0.5) is 5.82 Å². The fraction of sp³-hybridized carbons (Fsp3) is 0.391. The third-order valence-corrected chi connectivity index (χ3v) is 6.02. The van der Waals surface area contributed by atoms with Gasteiger partial charge in [0.2, 0.25) is 0 Å². The lowest BCUT2D eigenvalue weighted by atomic mass is 10.1. The predicted molar refractivity (Wildman–Crippen MR) is 131 cm³/mol. The average Bonchev–Trinajstić information content (AvgIpc) is 3.65. The zero-order valence-corrected chi connectivity index (χ0v) is 20.4. The molecule has 0 radical (unpaired) electrons. The van der Waals surface area contributed by atoms with Crippen LogP contribution in [0.25, 0.3) is 28.4 Å². The Hall–Kier alpha value is -4.14. The number of nitrogens with zero attached hydrogens (tertiary/aromatic N) is 7. The average molecular weight is 510 g/mol. The highest BCUT2D eigenvalue weighted by Gasteiger charge is 2.47. The second-order valence-corrected chi connectivity index (χ2v) is 8.44. The molecule has 1 aliphatic heterocycles. The van der Waals surface area contributed by atoms with Gasteiger partial charge in [-0.3, -0.25) is 9.36 Å². The maximum absolute atomic E-state index is 12.1. The molecular formula is C23H27N9O5. The minimum absolute atomic E-state index is 0.262. The number of methoxy groups -OCH3 is 1. The van der Waals surface area contributed by atoms with Crippen LogP contribution < -0.4 is 15.4 Å². The summed E-state index contributed by atoms with van der Waals surface area (Å²) in [6.45, 7) is 2.66. The lowest BCUT2D eigenvalue weighted by molar-refractivity contribution is -0.137. The number of aromatic nitrogens is 7. The highest BCUT2D eigenvalue weighted by molar-refractivity contribution is 5.85. The Morgan fingerprint density at radius 3 is 2.84 bits per heavy atom. The first-order valence-electron chi connectivity index (χ1n) is 11.7. The number of benzene rings is 1. The third kappa shape index (κ3) is 4.45. The maximum Gasteiger partial charge on any atom is 0.251 e. The number of carbonyl (C=O) groups excluding carboxylic acids is 1. The van der Waals surface area contributed by atoms with Crippen molar-refractivity contribution in [3.8, 4) is 23.0 Å². The Morgan fingerprint density at radius 1 is 1.24 bits per heavy atom. The van der Waals surface area contributed by atoms with Crippen LogP contribution in [0.5, 0.6) is 5.75 Å². The number of fused-ring (bicyclic) bond motifs is 1. The van der Waals surface area contributed by atoms with E-state index in [0.717, 1.165) is 12.1 Å². The van der Waals surface area contributed by atoms with Crippen molar-refractivity contribution >= 4 is 22.9 Å². The van der Waals surface area contributed by atoms with Crippen molar-refractivity contribution in [3.05, 3.63) is 36.8 Å². The van der Waals surface area contributed by atoms with E-state index in [0.29, 0.717) is 35.0 Å². The number of hydrogen-bond donors (Lipinski definition) is 4. The number of imidazole rings is 1. The normalized spacial score (nSPS) is 21.3. The molecule has 14 nitrogen and oxygen atoms in total. The van der Waals surface area contributed by atoms with Crippen molar-refractivity contribution in [1.82, 2.24) is 39.8 Å². The Morgan fingerprint density at radius 2 is 2.08 bits per heavy atom. The van der Waals surface area contributed by atoms with Crippen LogP contribution in [-0.4, -0.2) is 89.6 Å². The van der Waals surface area contributed by atoms with Crippen molar-refractivity contribution in [3.63, 3.8) is 0 Å². The molecule has 0 saturated carbocycles. The van der Waals surface area contributed by atoms with E-state index in [1.54, 1.807) is 18.0 Å². The number of carbonyl (C=O) groups is 1. The summed E-state index contributed by atoms with van der Waals surface area (Å²) in [6.07, 6.45) is -1.20. The van der Waals surface area contributed by atoms with E-state index in [1.807, 2.05) is 31.2 Å². The van der Waals surface area contributed by atoms with Crippen LogP contribution in [0.3, 0.4) is 0 Å². The molecule has 4 atom stereocenters. The Kier molecular flexibility index (Phi) is 6.69. The van der Waals surface area contributed by atoms with Gasteiger partial charge in [-0.05, 0) is 18.6 Å². The molecule has 14 heteroatoms. The van der Waals surface area contributed by atoms with Crippen molar-refractivity contribution < 1.29 is 24.5 Å². The number of likely N-dealkylation sites (N-methyl/N-ethyl adjacent to an activating group) is 1. The molecule has 4 aromatic rings. The molecule has 37 heavy (non-hydrogen) atoms. The highest BCUT2D eigenvalue weighted by Crippen LogP contribution is 2.33. The molecule has 1 saturated heterocycles. The fourth-order valence-corrected chi connectivity index (χ4v) is 4.08.